The van der Waals surface area contributed by atoms with Gasteiger partial charge < -0.3 is 18.7 Å². The smallest absolute Gasteiger partial charge is 0.417 e. The molecule has 0 aromatic carbocycles. The molecule has 0 radical (unpaired) electrons. The Morgan fingerprint density at radius 1 is 0.881 bits per heavy atom. The molecule has 5 atom stereocenters. The Hall–Kier alpha value is -1.76. The number of aliphatic carboxylic acids is 1. The lowest BCUT2D eigenvalue weighted by Gasteiger charge is -2.40. The predicted octanol–water partition coefficient (Wildman–Crippen LogP) is 8.26. The third-order valence-electron chi connectivity index (χ3n) is 9.07. The second-order valence-electron chi connectivity index (χ2n) is 15.4. The van der Waals surface area contributed by atoms with E-state index < -0.39 is 46.1 Å². The first kappa shape index (κ1) is 40.2. The van der Waals surface area contributed by atoms with E-state index >= 15 is 0 Å². The molecule has 0 aromatic rings. The molecule has 1 aliphatic heterocycles. The fraction of sp³-hybridized carbons (Fsp3) is 0.781. The van der Waals surface area contributed by atoms with Crippen LogP contribution in [-0.2, 0) is 23.2 Å². The monoisotopic (exact) mass is 627 g/mol. The van der Waals surface area contributed by atoms with Crippen LogP contribution in [0.15, 0.2) is 25.3 Å². The van der Waals surface area contributed by atoms with Gasteiger partial charge in [-0.25, -0.2) is 9.69 Å². The van der Waals surface area contributed by atoms with Gasteiger partial charge in [-0.05, 0) is 69.9 Å². The highest BCUT2D eigenvalue weighted by Crippen LogP contribution is 2.40. The van der Waals surface area contributed by atoms with Gasteiger partial charge in [0, 0.05) is 0 Å². The Kier molecular flexibility index (Phi) is 13.8. The molecule has 0 saturated carbocycles. The van der Waals surface area contributed by atoms with E-state index in [1.807, 2.05) is 34.6 Å². The average molecular weight is 628 g/mol. The van der Waals surface area contributed by atoms with Crippen LogP contribution in [0.1, 0.15) is 83.1 Å². The number of amides is 2. The summed E-state index contributed by atoms with van der Waals surface area (Å²) in [5.41, 5.74) is -0.712. The summed E-state index contributed by atoms with van der Waals surface area (Å²) < 4.78 is 17.9. The number of nitrogens with zero attached hydrogens (tertiary/aromatic N) is 1. The maximum Gasteiger partial charge on any atom is 0.417 e. The summed E-state index contributed by atoms with van der Waals surface area (Å²) in [6.07, 6.45) is 1.78. The molecule has 1 rings (SSSR count). The second-order valence-corrected chi connectivity index (χ2v) is 24.9. The summed E-state index contributed by atoms with van der Waals surface area (Å²) in [7, 11) is -3.96. The normalized spacial score (nSPS) is 20.5. The maximum absolute atomic E-state index is 13.3. The van der Waals surface area contributed by atoms with Gasteiger partial charge in [0.25, 0.3) is 0 Å². The number of imide groups is 1. The first-order valence-corrected chi connectivity index (χ1v) is 20.8. The first-order valence-electron chi connectivity index (χ1n) is 15.0. The van der Waals surface area contributed by atoms with E-state index in [0.29, 0.717) is 0 Å². The number of hydrogen-bond donors (Lipinski definition) is 1. The highest BCUT2D eigenvalue weighted by atomic mass is 28.4. The van der Waals surface area contributed by atoms with Crippen molar-refractivity contribution in [3.63, 3.8) is 0 Å². The number of ether oxygens (including phenoxy) is 1. The number of rotatable bonds is 11. The van der Waals surface area contributed by atoms with Crippen LogP contribution in [0.2, 0.25) is 36.3 Å². The zero-order chi connectivity index (χ0) is 33.8. The molecular weight excluding hydrogens is 567 g/mol. The number of carboxylic acids is 1. The minimum atomic E-state index is -2.05. The molecule has 1 N–H and O–H groups in total. The van der Waals surface area contributed by atoms with Crippen molar-refractivity contribution in [1.29, 1.82) is 0 Å². The van der Waals surface area contributed by atoms with Gasteiger partial charge in [-0.3, -0.25) is 9.59 Å². The van der Waals surface area contributed by atoms with Crippen LogP contribution in [0.25, 0.3) is 0 Å². The Balaban J connectivity index is 0.000000903. The van der Waals surface area contributed by atoms with Crippen molar-refractivity contribution in [1.82, 2.24) is 4.90 Å². The van der Waals surface area contributed by atoms with Gasteiger partial charge in [0.2, 0.25) is 5.91 Å². The standard InChI is InChI=1S/C20H37NO4Si.C12H24O3Si/c1-12-15(14(4)25-26(10,11)19(5,6)7)17(22)21-16(13(2)3)20(8,9)24-18(21)23;1-8-10(11(13)14)9(2)15-16(6,7)12(3,4)5/h12-16H,1H2,2-11H3;8-10H,1H2,2-7H3,(H,13,14)/t14-,15-,16-;9-,10-/m11/s1. The fourth-order valence-electron chi connectivity index (χ4n) is 4.66. The molecule has 42 heavy (non-hydrogen) atoms. The third kappa shape index (κ3) is 9.89. The quantitative estimate of drug-likeness (QED) is 0.182. The van der Waals surface area contributed by atoms with Crippen molar-refractivity contribution in [3.8, 4) is 0 Å². The SMILES string of the molecule is C=C[C@@H](C(=O)N1C(=O)OC(C)(C)[C@H]1C(C)C)[C@@H](C)O[Si](C)(C)C(C)(C)C.C=C[C@@H](C(=O)O)[C@@H](C)O[Si](C)(C)C(C)(C)C. The largest absolute Gasteiger partial charge is 0.481 e. The lowest BCUT2D eigenvalue weighted by Crippen LogP contribution is -2.52. The molecule has 1 heterocycles. The molecule has 0 aliphatic carbocycles. The molecule has 1 aliphatic rings. The summed E-state index contributed by atoms with van der Waals surface area (Å²) in [6.45, 7) is 40.2. The molecule has 0 aromatic heterocycles. The average Bonchev–Trinajstić information content (AvgIpc) is 3.00. The van der Waals surface area contributed by atoms with E-state index in [0.717, 1.165) is 0 Å². The van der Waals surface area contributed by atoms with Crippen molar-refractivity contribution in [3.05, 3.63) is 25.3 Å². The lowest BCUT2D eigenvalue weighted by atomic mass is 9.88. The van der Waals surface area contributed by atoms with Gasteiger partial charge in [0.1, 0.15) is 5.60 Å². The van der Waals surface area contributed by atoms with E-state index in [1.54, 1.807) is 13.0 Å². The molecule has 8 nitrogen and oxygen atoms in total. The zero-order valence-electron chi connectivity index (χ0n) is 29.4. The molecule has 0 bridgehead atoms. The van der Waals surface area contributed by atoms with E-state index in [9.17, 15) is 14.4 Å². The topological polar surface area (TPSA) is 102 Å². The summed E-state index contributed by atoms with van der Waals surface area (Å²) in [5.74, 6) is -2.30. The number of carbonyl (C=O) groups excluding carboxylic acids is 2. The van der Waals surface area contributed by atoms with Gasteiger partial charge in [0.05, 0.1) is 30.1 Å². The lowest BCUT2D eigenvalue weighted by molar-refractivity contribution is -0.142. The Labute approximate surface area is 258 Å². The van der Waals surface area contributed by atoms with Crippen LogP contribution in [0.4, 0.5) is 4.79 Å². The number of carbonyl (C=O) groups is 3. The number of carboxylic acid groups (broad SMARTS) is 1. The zero-order valence-corrected chi connectivity index (χ0v) is 31.4. The Morgan fingerprint density at radius 3 is 1.52 bits per heavy atom. The maximum atomic E-state index is 13.3. The van der Waals surface area contributed by atoms with Crippen molar-refractivity contribution >= 4 is 34.6 Å². The van der Waals surface area contributed by atoms with Crippen LogP contribution in [0, 0.1) is 17.8 Å². The van der Waals surface area contributed by atoms with Gasteiger partial charge in [-0.2, -0.15) is 0 Å². The van der Waals surface area contributed by atoms with E-state index in [2.05, 4.69) is 80.9 Å². The van der Waals surface area contributed by atoms with E-state index in [4.69, 9.17) is 18.7 Å². The van der Waals surface area contributed by atoms with Gasteiger partial charge in [-0.1, -0.05) is 67.5 Å². The third-order valence-corrected chi connectivity index (χ3v) is 18.2. The Bertz CT molecular complexity index is 976. The van der Waals surface area contributed by atoms with E-state index in [1.165, 1.54) is 11.0 Å². The summed E-state index contributed by atoms with van der Waals surface area (Å²) in [4.78, 5) is 38.0. The van der Waals surface area contributed by atoms with Crippen LogP contribution >= 0.6 is 0 Å². The van der Waals surface area contributed by atoms with Crippen molar-refractivity contribution in [2.45, 2.75) is 143 Å². The molecule has 1 saturated heterocycles. The predicted molar refractivity (Wildman–Crippen MR) is 177 cm³/mol. The molecule has 0 spiro atoms. The van der Waals surface area contributed by atoms with Crippen molar-refractivity contribution < 1.29 is 33.1 Å². The molecule has 1 fully saturated rings. The first-order chi connectivity index (χ1) is 18.6. The second kappa shape index (κ2) is 14.4. The highest BCUT2D eigenvalue weighted by molar-refractivity contribution is 6.74. The molecule has 244 valence electrons. The summed E-state index contributed by atoms with van der Waals surface area (Å²) >= 11 is 0. The van der Waals surface area contributed by atoms with Crippen LogP contribution < -0.4 is 0 Å². The number of cyclic esters (lactones) is 1. The summed E-state index contributed by atoms with van der Waals surface area (Å²) in [5, 5.41) is 9.13. The minimum Gasteiger partial charge on any atom is -0.481 e. The molecule has 0 unspecified atom stereocenters. The Morgan fingerprint density at radius 2 is 1.24 bits per heavy atom. The summed E-state index contributed by atoms with van der Waals surface area (Å²) in [6, 6.07) is -0.315. The van der Waals surface area contributed by atoms with Gasteiger partial charge in [-0.15, -0.1) is 13.2 Å². The molecular formula is C32H61NO7Si2. The molecule has 2 amide bonds. The van der Waals surface area contributed by atoms with Crippen LogP contribution in [-0.4, -0.2) is 68.5 Å². The van der Waals surface area contributed by atoms with E-state index in [-0.39, 0.29) is 40.2 Å². The van der Waals surface area contributed by atoms with Crippen molar-refractivity contribution in [2.24, 2.45) is 17.8 Å². The van der Waals surface area contributed by atoms with Gasteiger partial charge in [0.15, 0.2) is 16.6 Å². The number of hydrogen-bond acceptors (Lipinski definition) is 6. The highest BCUT2D eigenvalue weighted by Gasteiger charge is 2.53. The van der Waals surface area contributed by atoms with Crippen LogP contribution in [0.3, 0.4) is 0 Å². The van der Waals surface area contributed by atoms with Crippen molar-refractivity contribution in [2.75, 3.05) is 0 Å². The minimum absolute atomic E-state index is 0.0328. The van der Waals surface area contributed by atoms with Gasteiger partial charge >= 0.3 is 12.1 Å². The molecule has 10 heteroatoms. The van der Waals surface area contributed by atoms with Crippen LogP contribution in [0.5, 0.6) is 0 Å². The fourth-order valence-corrected chi connectivity index (χ4v) is 7.52.